The van der Waals surface area contributed by atoms with Crippen molar-refractivity contribution in [2.45, 2.75) is 6.04 Å². The predicted octanol–water partition coefficient (Wildman–Crippen LogP) is 1.71. The van der Waals surface area contributed by atoms with E-state index < -0.39 is 0 Å². The van der Waals surface area contributed by atoms with E-state index >= 15 is 0 Å². The van der Waals surface area contributed by atoms with E-state index in [0.29, 0.717) is 0 Å². The molecule has 1 N–H and O–H groups in total. The first kappa shape index (κ1) is 12.9. The Labute approximate surface area is 108 Å². The normalized spacial score (nSPS) is 20.0. The van der Waals surface area contributed by atoms with Crippen LogP contribution in [0, 0.1) is 0 Å². The maximum Gasteiger partial charge on any atom is 0.161 e. The summed E-state index contributed by atoms with van der Waals surface area (Å²) >= 11 is 0. The van der Waals surface area contributed by atoms with Gasteiger partial charge in [0.25, 0.3) is 0 Å². The molecule has 1 aromatic rings. The zero-order valence-corrected chi connectivity index (χ0v) is 10.8. The maximum atomic E-state index is 5.39. The number of morpholine rings is 1. The molecule has 0 spiro atoms. The summed E-state index contributed by atoms with van der Waals surface area (Å²) in [6.45, 7) is 2.42. The predicted molar refractivity (Wildman–Crippen MR) is 71.2 cm³/mol. The Morgan fingerprint density at radius 3 is 2.78 bits per heavy atom. The first-order valence-corrected chi connectivity index (χ1v) is 6.05. The molecule has 0 aromatic heterocycles. The van der Waals surface area contributed by atoms with Crippen LogP contribution in [0.15, 0.2) is 24.3 Å². The Balaban J connectivity index is 2.06. The van der Waals surface area contributed by atoms with Gasteiger partial charge in [0.15, 0.2) is 11.5 Å². The molecular weight excluding hydrogens is 230 g/mol. The Bertz CT molecular complexity index is 412. The Morgan fingerprint density at radius 1 is 1.28 bits per heavy atom. The van der Waals surface area contributed by atoms with Crippen LogP contribution in [0.3, 0.4) is 0 Å². The van der Waals surface area contributed by atoms with E-state index in [0.717, 1.165) is 36.8 Å². The largest absolute Gasteiger partial charge is 0.493 e. The first-order valence-electron chi connectivity index (χ1n) is 6.05. The molecule has 1 aliphatic rings. The molecule has 1 saturated heterocycles. The van der Waals surface area contributed by atoms with Crippen LogP contribution < -0.4 is 14.8 Å². The summed E-state index contributed by atoms with van der Waals surface area (Å²) in [6, 6.07) is 6.15. The highest BCUT2D eigenvalue weighted by Crippen LogP contribution is 2.27. The molecule has 0 amide bonds. The molecule has 2 rings (SSSR count). The van der Waals surface area contributed by atoms with Crippen molar-refractivity contribution in [2.24, 2.45) is 0 Å². The summed E-state index contributed by atoms with van der Waals surface area (Å²) in [5.41, 5.74) is 1.08. The summed E-state index contributed by atoms with van der Waals surface area (Å²) in [5, 5.41) is 3.37. The second-order valence-electron chi connectivity index (χ2n) is 4.11. The third kappa shape index (κ3) is 3.24. The van der Waals surface area contributed by atoms with Crippen LogP contribution in [-0.4, -0.2) is 40.0 Å². The van der Waals surface area contributed by atoms with Crippen LogP contribution >= 0.6 is 0 Å². The van der Waals surface area contributed by atoms with E-state index in [9.17, 15) is 0 Å². The zero-order valence-electron chi connectivity index (χ0n) is 10.8. The summed E-state index contributed by atoms with van der Waals surface area (Å²) in [7, 11) is 3.28. The van der Waals surface area contributed by atoms with Gasteiger partial charge in [-0.3, -0.25) is 0 Å². The molecule has 4 heteroatoms. The van der Waals surface area contributed by atoms with Gasteiger partial charge in [0.05, 0.1) is 27.4 Å². The van der Waals surface area contributed by atoms with Crippen molar-refractivity contribution in [3.63, 3.8) is 0 Å². The van der Waals surface area contributed by atoms with E-state index in [1.54, 1.807) is 14.2 Å². The number of rotatable bonds is 4. The van der Waals surface area contributed by atoms with Crippen LogP contribution in [0.25, 0.3) is 6.08 Å². The number of benzene rings is 1. The van der Waals surface area contributed by atoms with Crippen molar-refractivity contribution in [1.29, 1.82) is 0 Å². The minimum atomic E-state index is 0.284. The van der Waals surface area contributed by atoms with E-state index in [1.165, 1.54) is 0 Å². The van der Waals surface area contributed by atoms with E-state index in [-0.39, 0.29) is 6.04 Å². The van der Waals surface area contributed by atoms with Gasteiger partial charge in [0.2, 0.25) is 0 Å². The average Bonchev–Trinajstić information content (AvgIpc) is 2.45. The average molecular weight is 249 g/mol. The van der Waals surface area contributed by atoms with Crippen LogP contribution in [0.5, 0.6) is 11.5 Å². The number of methoxy groups -OCH3 is 2. The molecule has 0 bridgehead atoms. The zero-order chi connectivity index (χ0) is 12.8. The van der Waals surface area contributed by atoms with E-state index in [1.807, 2.05) is 18.2 Å². The maximum absolute atomic E-state index is 5.39. The smallest absolute Gasteiger partial charge is 0.161 e. The molecule has 18 heavy (non-hydrogen) atoms. The fourth-order valence-corrected chi connectivity index (χ4v) is 1.89. The fraction of sp³-hybridized carbons (Fsp3) is 0.429. The van der Waals surface area contributed by atoms with Gasteiger partial charge in [-0.2, -0.15) is 0 Å². The molecule has 0 saturated carbocycles. The van der Waals surface area contributed by atoms with Gasteiger partial charge in [-0.15, -0.1) is 0 Å². The number of hydrogen-bond donors (Lipinski definition) is 1. The van der Waals surface area contributed by atoms with E-state index in [4.69, 9.17) is 14.2 Å². The highest BCUT2D eigenvalue weighted by molar-refractivity contribution is 5.56. The lowest BCUT2D eigenvalue weighted by molar-refractivity contribution is 0.0903. The molecule has 1 unspecified atom stereocenters. The molecule has 1 aromatic carbocycles. The molecule has 1 heterocycles. The van der Waals surface area contributed by atoms with Crippen molar-refractivity contribution >= 4 is 6.08 Å². The van der Waals surface area contributed by atoms with Crippen molar-refractivity contribution in [3.05, 3.63) is 29.8 Å². The van der Waals surface area contributed by atoms with Crippen molar-refractivity contribution in [2.75, 3.05) is 34.0 Å². The first-order chi connectivity index (χ1) is 8.83. The standard InChI is InChI=1S/C14H19NO3/c1-16-13-6-4-11(9-14(13)17-2)3-5-12-10-18-8-7-15-12/h3-6,9,12,15H,7-8,10H2,1-2H3/b5-3+. The third-order valence-electron chi connectivity index (χ3n) is 2.88. The van der Waals surface area contributed by atoms with Crippen molar-refractivity contribution in [3.8, 4) is 11.5 Å². The molecule has 0 aliphatic carbocycles. The van der Waals surface area contributed by atoms with Gasteiger partial charge in [-0.25, -0.2) is 0 Å². The highest BCUT2D eigenvalue weighted by Gasteiger charge is 2.09. The fourth-order valence-electron chi connectivity index (χ4n) is 1.89. The number of hydrogen-bond acceptors (Lipinski definition) is 4. The molecule has 1 atom stereocenters. The molecule has 4 nitrogen and oxygen atoms in total. The summed E-state index contributed by atoms with van der Waals surface area (Å²) in [5.74, 6) is 1.49. The lowest BCUT2D eigenvalue weighted by atomic mass is 10.1. The van der Waals surface area contributed by atoms with Crippen LogP contribution in [-0.2, 0) is 4.74 Å². The van der Waals surface area contributed by atoms with Gasteiger partial charge in [0.1, 0.15) is 0 Å². The summed E-state index contributed by atoms with van der Waals surface area (Å²) in [4.78, 5) is 0. The Hall–Kier alpha value is -1.52. The minimum Gasteiger partial charge on any atom is -0.493 e. The second kappa shape index (κ2) is 6.42. The molecule has 1 aliphatic heterocycles. The third-order valence-corrected chi connectivity index (χ3v) is 2.88. The van der Waals surface area contributed by atoms with Gasteiger partial charge >= 0.3 is 0 Å². The number of nitrogens with one attached hydrogen (secondary N) is 1. The topological polar surface area (TPSA) is 39.7 Å². The quantitative estimate of drug-likeness (QED) is 0.881. The molecule has 1 fully saturated rings. The van der Waals surface area contributed by atoms with Crippen LogP contribution in [0.4, 0.5) is 0 Å². The van der Waals surface area contributed by atoms with Crippen LogP contribution in [0.2, 0.25) is 0 Å². The SMILES string of the molecule is COc1ccc(/C=C/C2COCCN2)cc1OC. The minimum absolute atomic E-state index is 0.284. The summed E-state index contributed by atoms with van der Waals surface area (Å²) < 4.78 is 15.9. The van der Waals surface area contributed by atoms with Gasteiger partial charge < -0.3 is 19.5 Å². The van der Waals surface area contributed by atoms with Gasteiger partial charge in [0, 0.05) is 12.6 Å². The van der Waals surface area contributed by atoms with Crippen LogP contribution in [0.1, 0.15) is 5.56 Å². The monoisotopic (exact) mass is 249 g/mol. The van der Waals surface area contributed by atoms with Gasteiger partial charge in [-0.1, -0.05) is 18.2 Å². The van der Waals surface area contributed by atoms with Gasteiger partial charge in [-0.05, 0) is 17.7 Å². The molecule has 0 radical (unpaired) electrons. The number of ether oxygens (including phenoxy) is 3. The molecule has 98 valence electrons. The summed E-state index contributed by atoms with van der Waals surface area (Å²) in [6.07, 6.45) is 4.18. The highest BCUT2D eigenvalue weighted by atomic mass is 16.5. The molecular formula is C14H19NO3. The second-order valence-corrected chi connectivity index (χ2v) is 4.11. The van der Waals surface area contributed by atoms with E-state index in [2.05, 4.69) is 17.5 Å². The Kier molecular flexibility index (Phi) is 4.61. The van der Waals surface area contributed by atoms with Crippen molar-refractivity contribution < 1.29 is 14.2 Å². The Morgan fingerprint density at radius 2 is 2.11 bits per heavy atom. The van der Waals surface area contributed by atoms with Crippen molar-refractivity contribution in [1.82, 2.24) is 5.32 Å². The lowest BCUT2D eigenvalue weighted by Crippen LogP contribution is -2.39. The lowest BCUT2D eigenvalue weighted by Gasteiger charge is -2.20.